The molecule has 1 aromatic rings. The first kappa shape index (κ1) is 12.7. The molecule has 1 heterocycles. The zero-order valence-corrected chi connectivity index (χ0v) is 10.3. The summed E-state index contributed by atoms with van der Waals surface area (Å²) in [7, 11) is 0. The highest BCUT2D eigenvalue weighted by molar-refractivity contribution is 6.32. The predicted octanol–water partition coefficient (Wildman–Crippen LogP) is 3.33. The molecule has 0 aliphatic heterocycles. The van der Waals surface area contributed by atoms with Crippen LogP contribution < -0.4 is 0 Å². The molecule has 0 saturated heterocycles. The molecule has 0 N–H and O–H groups in total. The van der Waals surface area contributed by atoms with Crippen LogP contribution in [0.2, 0.25) is 5.02 Å². The SMILES string of the molecule is CCOC(=O)c1cnc(C=C(C)C)c(Cl)c1. The van der Waals surface area contributed by atoms with Gasteiger partial charge in [0.15, 0.2) is 0 Å². The minimum absolute atomic E-state index is 0.339. The molecule has 86 valence electrons. The molecule has 16 heavy (non-hydrogen) atoms. The van der Waals surface area contributed by atoms with Crippen molar-refractivity contribution in [1.82, 2.24) is 4.98 Å². The molecule has 0 unspecified atom stereocenters. The fraction of sp³-hybridized carbons (Fsp3) is 0.333. The number of rotatable bonds is 3. The van der Waals surface area contributed by atoms with Gasteiger partial charge in [-0.3, -0.25) is 4.98 Å². The number of aromatic nitrogens is 1. The number of hydrogen-bond acceptors (Lipinski definition) is 3. The van der Waals surface area contributed by atoms with E-state index in [0.29, 0.717) is 22.9 Å². The Labute approximate surface area is 100 Å². The molecule has 4 heteroatoms. The standard InChI is InChI=1S/C12H14ClNO2/c1-4-16-12(15)9-6-10(13)11(14-7-9)5-8(2)3/h5-7H,4H2,1-3H3. The third kappa shape index (κ3) is 3.35. The summed E-state index contributed by atoms with van der Waals surface area (Å²) in [6.45, 7) is 6.01. The Kier molecular flexibility index (Phi) is 4.50. The van der Waals surface area contributed by atoms with Gasteiger partial charge in [0.2, 0.25) is 0 Å². The molecule has 0 spiro atoms. The lowest BCUT2D eigenvalue weighted by Gasteiger charge is -2.03. The van der Waals surface area contributed by atoms with E-state index >= 15 is 0 Å². The van der Waals surface area contributed by atoms with E-state index in [0.717, 1.165) is 5.57 Å². The molecule has 1 rings (SSSR count). The summed E-state index contributed by atoms with van der Waals surface area (Å²) in [6.07, 6.45) is 3.33. The average molecular weight is 240 g/mol. The number of ether oxygens (including phenoxy) is 1. The van der Waals surface area contributed by atoms with Gasteiger partial charge in [-0.05, 0) is 32.9 Å². The zero-order chi connectivity index (χ0) is 12.1. The number of allylic oxidation sites excluding steroid dienone is 1. The molecule has 1 aromatic heterocycles. The Hall–Kier alpha value is -1.35. The molecular formula is C12H14ClNO2. The molecule has 0 bridgehead atoms. The fourth-order valence-corrected chi connectivity index (χ4v) is 1.38. The van der Waals surface area contributed by atoms with Crippen LogP contribution in [-0.4, -0.2) is 17.6 Å². The highest BCUT2D eigenvalue weighted by Gasteiger charge is 2.09. The Bertz CT molecular complexity index is 423. The number of carbonyl (C=O) groups excluding carboxylic acids is 1. The van der Waals surface area contributed by atoms with Crippen molar-refractivity contribution in [1.29, 1.82) is 0 Å². The maximum absolute atomic E-state index is 11.4. The summed E-state index contributed by atoms with van der Waals surface area (Å²) < 4.78 is 4.85. The molecule has 3 nitrogen and oxygen atoms in total. The molecule has 0 fully saturated rings. The van der Waals surface area contributed by atoms with Crippen molar-refractivity contribution in [2.24, 2.45) is 0 Å². The Balaban J connectivity index is 2.99. The Morgan fingerprint density at radius 2 is 2.25 bits per heavy atom. The van der Waals surface area contributed by atoms with Crippen LogP contribution in [0.25, 0.3) is 6.08 Å². The van der Waals surface area contributed by atoms with Gasteiger partial charge in [0.05, 0.1) is 22.9 Å². The zero-order valence-electron chi connectivity index (χ0n) is 9.58. The van der Waals surface area contributed by atoms with Crippen LogP contribution in [0, 0.1) is 0 Å². The van der Waals surface area contributed by atoms with Gasteiger partial charge in [0, 0.05) is 6.20 Å². The van der Waals surface area contributed by atoms with Crippen LogP contribution in [0.5, 0.6) is 0 Å². The van der Waals surface area contributed by atoms with E-state index in [4.69, 9.17) is 16.3 Å². The Morgan fingerprint density at radius 3 is 2.75 bits per heavy atom. The van der Waals surface area contributed by atoms with Gasteiger partial charge in [0.25, 0.3) is 0 Å². The van der Waals surface area contributed by atoms with Crippen LogP contribution in [-0.2, 0) is 4.74 Å². The topological polar surface area (TPSA) is 39.2 Å². The van der Waals surface area contributed by atoms with Crippen LogP contribution in [0.1, 0.15) is 36.8 Å². The number of hydrogen-bond donors (Lipinski definition) is 0. The second-order valence-electron chi connectivity index (χ2n) is 3.53. The van der Waals surface area contributed by atoms with E-state index in [1.165, 1.54) is 6.20 Å². The minimum Gasteiger partial charge on any atom is -0.462 e. The van der Waals surface area contributed by atoms with Crippen molar-refractivity contribution in [3.63, 3.8) is 0 Å². The van der Waals surface area contributed by atoms with Crippen LogP contribution in [0.3, 0.4) is 0 Å². The summed E-state index contributed by atoms with van der Waals surface area (Å²) in [6, 6.07) is 1.57. The molecule has 0 amide bonds. The summed E-state index contributed by atoms with van der Waals surface area (Å²) in [5.74, 6) is -0.402. The smallest absolute Gasteiger partial charge is 0.339 e. The first-order chi connectivity index (χ1) is 7.54. The Morgan fingerprint density at radius 1 is 1.56 bits per heavy atom. The molecule has 0 atom stereocenters. The van der Waals surface area contributed by atoms with Gasteiger partial charge < -0.3 is 4.74 Å². The van der Waals surface area contributed by atoms with Gasteiger partial charge in [-0.25, -0.2) is 4.79 Å². The van der Waals surface area contributed by atoms with E-state index < -0.39 is 5.97 Å². The van der Waals surface area contributed by atoms with E-state index in [1.807, 2.05) is 19.9 Å². The number of esters is 1. The molecule has 0 radical (unpaired) electrons. The average Bonchev–Trinajstić information content (AvgIpc) is 2.20. The van der Waals surface area contributed by atoms with E-state index in [-0.39, 0.29) is 0 Å². The first-order valence-corrected chi connectivity index (χ1v) is 5.40. The third-order valence-electron chi connectivity index (χ3n) is 1.81. The lowest BCUT2D eigenvalue weighted by molar-refractivity contribution is 0.0526. The number of pyridine rings is 1. The summed E-state index contributed by atoms with van der Waals surface area (Å²) in [5.41, 5.74) is 2.13. The second kappa shape index (κ2) is 5.66. The summed E-state index contributed by atoms with van der Waals surface area (Å²) >= 11 is 6.00. The van der Waals surface area contributed by atoms with Gasteiger partial charge in [0.1, 0.15) is 0 Å². The van der Waals surface area contributed by atoms with Gasteiger partial charge in [-0.15, -0.1) is 0 Å². The predicted molar refractivity (Wildman–Crippen MR) is 64.5 cm³/mol. The van der Waals surface area contributed by atoms with Crippen LogP contribution >= 0.6 is 11.6 Å². The van der Waals surface area contributed by atoms with Crippen LogP contribution in [0.4, 0.5) is 0 Å². The molecule has 0 saturated carbocycles. The van der Waals surface area contributed by atoms with Crippen molar-refractivity contribution >= 4 is 23.6 Å². The van der Waals surface area contributed by atoms with Gasteiger partial charge >= 0.3 is 5.97 Å². The monoisotopic (exact) mass is 239 g/mol. The summed E-state index contributed by atoms with van der Waals surface area (Å²) in [5, 5.41) is 0.451. The van der Waals surface area contributed by atoms with Crippen LogP contribution in [0.15, 0.2) is 17.8 Å². The van der Waals surface area contributed by atoms with Crippen molar-refractivity contribution < 1.29 is 9.53 Å². The van der Waals surface area contributed by atoms with Crippen molar-refractivity contribution in [3.05, 3.63) is 34.1 Å². The highest BCUT2D eigenvalue weighted by atomic mass is 35.5. The van der Waals surface area contributed by atoms with Gasteiger partial charge in [-0.2, -0.15) is 0 Å². The molecule has 0 aliphatic rings. The van der Waals surface area contributed by atoms with Gasteiger partial charge in [-0.1, -0.05) is 17.2 Å². The van der Waals surface area contributed by atoms with E-state index in [2.05, 4.69) is 4.98 Å². The normalized spacial score (nSPS) is 9.75. The maximum atomic E-state index is 11.4. The third-order valence-corrected chi connectivity index (χ3v) is 2.11. The van der Waals surface area contributed by atoms with E-state index in [1.54, 1.807) is 13.0 Å². The van der Waals surface area contributed by atoms with Crippen molar-refractivity contribution in [2.75, 3.05) is 6.61 Å². The largest absolute Gasteiger partial charge is 0.462 e. The summed E-state index contributed by atoms with van der Waals surface area (Å²) in [4.78, 5) is 15.5. The number of halogens is 1. The lowest BCUT2D eigenvalue weighted by Crippen LogP contribution is -2.05. The molecule has 0 aromatic carbocycles. The minimum atomic E-state index is -0.402. The van der Waals surface area contributed by atoms with Crippen molar-refractivity contribution in [2.45, 2.75) is 20.8 Å². The second-order valence-corrected chi connectivity index (χ2v) is 3.94. The molecule has 0 aliphatic carbocycles. The number of nitrogens with zero attached hydrogens (tertiary/aromatic N) is 1. The lowest BCUT2D eigenvalue weighted by atomic mass is 10.2. The maximum Gasteiger partial charge on any atom is 0.339 e. The quantitative estimate of drug-likeness (QED) is 0.760. The molecular weight excluding hydrogens is 226 g/mol. The fourth-order valence-electron chi connectivity index (χ4n) is 1.15. The van der Waals surface area contributed by atoms with Crippen molar-refractivity contribution in [3.8, 4) is 0 Å². The number of carbonyl (C=O) groups is 1. The highest BCUT2D eigenvalue weighted by Crippen LogP contribution is 2.18. The first-order valence-electron chi connectivity index (χ1n) is 5.02. The van der Waals surface area contributed by atoms with E-state index in [9.17, 15) is 4.79 Å².